The Balaban J connectivity index is 1.89. The first-order chi connectivity index (χ1) is 9.70. The largest absolute Gasteiger partial charge is 0.481 e. The Kier molecular flexibility index (Phi) is 5.13. The lowest BCUT2D eigenvalue weighted by molar-refractivity contribution is 0.390. The van der Waals surface area contributed by atoms with E-state index in [9.17, 15) is 0 Å². The average Bonchev–Trinajstić information content (AvgIpc) is 2.48. The van der Waals surface area contributed by atoms with Crippen molar-refractivity contribution < 1.29 is 4.74 Å². The highest BCUT2D eigenvalue weighted by atomic mass is 16.5. The van der Waals surface area contributed by atoms with Crippen LogP contribution < -0.4 is 10.1 Å². The van der Waals surface area contributed by atoms with Crippen LogP contribution in [0.3, 0.4) is 0 Å². The standard InChI is InChI=1S/C17H22N2O/c1-13(2)15-8-6-14(7-9-15)11-18-12-16-5-4-10-19-17(16)20-3/h4-10,13,18H,11-12H2,1-3H3. The van der Waals surface area contributed by atoms with Crippen LogP contribution in [0, 0.1) is 0 Å². The van der Waals surface area contributed by atoms with Gasteiger partial charge in [-0.3, -0.25) is 0 Å². The number of aromatic nitrogens is 1. The molecule has 0 saturated carbocycles. The summed E-state index contributed by atoms with van der Waals surface area (Å²) in [6, 6.07) is 12.7. The molecule has 0 aliphatic rings. The topological polar surface area (TPSA) is 34.1 Å². The van der Waals surface area contributed by atoms with E-state index >= 15 is 0 Å². The highest BCUT2D eigenvalue weighted by Gasteiger charge is 2.03. The molecule has 0 saturated heterocycles. The predicted molar refractivity (Wildman–Crippen MR) is 81.9 cm³/mol. The number of methoxy groups -OCH3 is 1. The van der Waals surface area contributed by atoms with Gasteiger partial charge in [0, 0.05) is 24.8 Å². The van der Waals surface area contributed by atoms with Crippen molar-refractivity contribution in [1.82, 2.24) is 10.3 Å². The number of hydrogen-bond donors (Lipinski definition) is 1. The molecule has 2 aromatic rings. The van der Waals surface area contributed by atoms with Gasteiger partial charge in [0.1, 0.15) is 0 Å². The van der Waals surface area contributed by atoms with Crippen molar-refractivity contribution in [2.45, 2.75) is 32.9 Å². The summed E-state index contributed by atoms with van der Waals surface area (Å²) in [7, 11) is 1.65. The zero-order valence-electron chi connectivity index (χ0n) is 12.4. The molecule has 0 spiro atoms. The van der Waals surface area contributed by atoms with Crippen molar-refractivity contribution in [3.05, 3.63) is 59.3 Å². The van der Waals surface area contributed by atoms with E-state index < -0.39 is 0 Å². The first-order valence-electron chi connectivity index (χ1n) is 6.98. The van der Waals surface area contributed by atoms with Gasteiger partial charge in [-0.15, -0.1) is 0 Å². The van der Waals surface area contributed by atoms with Crippen LogP contribution in [0.2, 0.25) is 0 Å². The molecule has 1 aromatic heterocycles. The lowest BCUT2D eigenvalue weighted by Crippen LogP contribution is -2.13. The number of nitrogens with zero attached hydrogens (tertiary/aromatic N) is 1. The second-order valence-corrected chi connectivity index (χ2v) is 5.17. The Bertz CT molecular complexity index is 535. The van der Waals surface area contributed by atoms with E-state index in [1.54, 1.807) is 13.3 Å². The molecule has 0 fully saturated rings. The van der Waals surface area contributed by atoms with Crippen LogP contribution in [0.15, 0.2) is 42.6 Å². The van der Waals surface area contributed by atoms with Crippen LogP contribution in [-0.2, 0) is 13.1 Å². The van der Waals surface area contributed by atoms with Gasteiger partial charge in [-0.05, 0) is 23.1 Å². The minimum atomic E-state index is 0.580. The minimum Gasteiger partial charge on any atom is -0.481 e. The molecule has 3 nitrogen and oxygen atoms in total. The molecular formula is C17H22N2O. The molecule has 0 aliphatic carbocycles. The number of nitrogens with one attached hydrogen (secondary N) is 1. The van der Waals surface area contributed by atoms with Crippen LogP contribution >= 0.6 is 0 Å². The van der Waals surface area contributed by atoms with E-state index in [2.05, 4.69) is 48.4 Å². The molecule has 1 N–H and O–H groups in total. The third kappa shape index (κ3) is 3.81. The Morgan fingerprint density at radius 2 is 1.85 bits per heavy atom. The van der Waals surface area contributed by atoms with Gasteiger partial charge in [0.05, 0.1) is 7.11 Å². The molecule has 0 unspecified atom stereocenters. The molecule has 3 heteroatoms. The number of pyridine rings is 1. The van der Waals surface area contributed by atoms with Crippen LogP contribution in [0.5, 0.6) is 5.88 Å². The molecule has 2 rings (SSSR count). The molecule has 0 radical (unpaired) electrons. The zero-order chi connectivity index (χ0) is 14.4. The van der Waals surface area contributed by atoms with Crippen molar-refractivity contribution in [2.75, 3.05) is 7.11 Å². The van der Waals surface area contributed by atoms with Crippen molar-refractivity contribution in [3.8, 4) is 5.88 Å². The minimum absolute atomic E-state index is 0.580. The van der Waals surface area contributed by atoms with Crippen molar-refractivity contribution in [3.63, 3.8) is 0 Å². The van der Waals surface area contributed by atoms with E-state index in [4.69, 9.17) is 4.74 Å². The van der Waals surface area contributed by atoms with Gasteiger partial charge in [0.25, 0.3) is 0 Å². The van der Waals surface area contributed by atoms with E-state index in [0.29, 0.717) is 11.8 Å². The first kappa shape index (κ1) is 14.5. The quantitative estimate of drug-likeness (QED) is 0.872. The van der Waals surface area contributed by atoms with Crippen molar-refractivity contribution in [1.29, 1.82) is 0 Å². The highest BCUT2D eigenvalue weighted by Crippen LogP contribution is 2.15. The summed E-state index contributed by atoms with van der Waals surface area (Å²) in [5.41, 5.74) is 3.74. The maximum absolute atomic E-state index is 5.24. The SMILES string of the molecule is COc1ncccc1CNCc1ccc(C(C)C)cc1. The number of ether oxygens (including phenoxy) is 1. The molecule has 1 heterocycles. The summed E-state index contributed by atoms with van der Waals surface area (Å²) in [4.78, 5) is 4.19. The summed E-state index contributed by atoms with van der Waals surface area (Å²) in [5, 5.41) is 3.42. The molecule has 0 amide bonds. The third-order valence-corrected chi connectivity index (χ3v) is 3.33. The molecule has 1 aromatic carbocycles. The zero-order valence-corrected chi connectivity index (χ0v) is 12.4. The maximum atomic E-state index is 5.24. The Labute approximate surface area is 121 Å². The predicted octanol–water partition coefficient (Wildman–Crippen LogP) is 3.50. The molecular weight excluding hydrogens is 248 g/mol. The fourth-order valence-corrected chi connectivity index (χ4v) is 2.10. The fraction of sp³-hybridized carbons (Fsp3) is 0.353. The summed E-state index contributed by atoms with van der Waals surface area (Å²) >= 11 is 0. The lowest BCUT2D eigenvalue weighted by Gasteiger charge is -2.10. The normalized spacial score (nSPS) is 10.8. The maximum Gasteiger partial charge on any atom is 0.217 e. The number of benzene rings is 1. The first-order valence-corrected chi connectivity index (χ1v) is 6.98. The van der Waals surface area contributed by atoms with Crippen LogP contribution in [0.1, 0.15) is 36.5 Å². The second kappa shape index (κ2) is 7.06. The van der Waals surface area contributed by atoms with Gasteiger partial charge >= 0.3 is 0 Å². The third-order valence-electron chi connectivity index (χ3n) is 3.33. The van der Waals surface area contributed by atoms with Gasteiger partial charge in [0.15, 0.2) is 0 Å². The fourth-order valence-electron chi connectivity index (χ4n) is 2.10. The Hall–Kier alpha value is -1.87. The average molecular weight is 270 g/mol. The smallest absolute Gasteiger partial charge is 0.217 e. The van der Waals surface area contributed by atoms with Gasteiger partial charge in [-0.1, -0.05) is 44.2 Å². The van der Waals surface area contributed by atoms with Gasteiger partial charge in [-0.25, -0.2) is 4.98 Å². The van der Waals surface area contributed by atoms with Crippen LogP contribution in [0.4, 0.5) is 0 Å². The van der Waals surface area contributed by atoms with Crippen molar-refractivity contribution in [2.24, 2.45) is 0 Å². The number of rotatable bonds is 6. The number of hydrogen-bond acceptors (Lipinski definition) is 3. The van der Waals surface area contributed by atoms with Gasteiger partial charge in [-0.2, -0.15) is 0 Å². The van der Waals surface area contributed by atoms with Crippen LogP contribution in [0.25, 0.3) is 0 Å². The second-order valence-electron chi connectivity index (χ2n) is 5.17. The molecule has 0 atom stereocenters. The van der Waals surface area contributed by atoms with E-state index in [-0.39, 0.29) is 0 Å². The summed E-state index contributed by atoms with van der Waals surface area (Å²) in [6.45, 7) is 6.02. The van der Waals surface area contributed by atoms with Crippen LogP contribution in [-0.4, -0.2) is 12.1 Å². The molecule has 0 bridgehead atoms. The van der Waals surface area contributed by atoms with Gasteiger partial charge in [0.2, 0.25) is 5.88 Å². The highest BCUT2D eigenvalue weighted by molar-refractivity contribution is 5.26. The van der Waals surface area contributed by atoms with E-state index in [1.807, 2.05) is 12.1 Å². The summed E-state index contributed by atoms with van der Waals surface area (Å²) in [6.07, 6.45) is 1.74. The van der Waals surface area contributed by atoms with Crippen molar-refractivity contribution >= 4 is 0 Å². The van der Waals surface area contributed by atoms with Gasteiger partial charge < -0.3 is 10.1 Å². The van der Waals surface area contributed by atoms with E-state index in [0.717, 1.165) is 18.7 Å². The summed E-state index contributed by atoms with van der Waals surface area (Å²) < 4.78 is 5.24. The molecule has 0 aliphatic heterocycles. The monoisotopic (exact) mass is 270 g/mol. The lowest BCUT2D eigenvalue weighted by atomic mass is 10.0. The van der Waals surface area contributed by atoms with E-state index in [1.165, 1.54) is 11.1 Å². The molecule has 106 valence electrons. The summed E-state index contributed by atoms with van der Waals surface area (Å²) in [5.74, 6) is 1.27. The Morgan fingerprint density at radius 1 is 1.10 bits per heavy atom. The Morgan fingerprint density at radius 3 is 2.50 bits per heavy atom. The molecule has 20 heavy (non-hydrogen) atoms.